The van der Waals surface area contributed by atoms with Crippen LogP contribution in [0.2, 0.25) is 0 Å². The van der Waals surface area contributed by atoms with Crippen molar-refractivity contribution in [2.45, 2.75) is 31.8 Å². The van der Waals surface area contributed by atoms with Crippen molar-refractivity contribution in [2.75, 3.05) is 43.9 Å². The molecule has 0 atom stereocenters. The number of rotatable bonds is 3. The summed E-state index contributed by atoms with van der Waals surface area (Å²) in [6, 6.07) is 0. The minimum absolute atomic E-state index is 0.0185. The summed E-state index contributed by atoms with van der Waals surface area (Å²) in [5.41, 5.74) is 5.97. The number of piperidine rings is 1. The normalized spacial score (nSPS) is 20.2. The van der Waals surface area contributed by atoms with Crippen LogP contribution in [0.15, 0.2) is 0 Å². The van der Waals surface area contributed by atoms with E-state index in [1.54, 1.807) is 7.11 Å². The van der Waals surface area contributed by atoms with E-state index in [1.165, 1.54) is 24.2 Å². The van der Waals surface area contributed by atoms with Crippen molar-refractivity contribution in [1.82, 2.24) is 9.88 Å². The van der Waals surface area contributed by atoms with Crippen molar-refractivity contribution in [1.29, 1.82) is 0 Å². The van der Waals surface area contributed by atoms with Crippen molar-refractivity contribution < 1.29 is 9.53 Å². The number of carbonyl (C=O) groups excluding carboxylic acids is 1. The fourth-order valence-corrected chi connectivity index (χ4v) is 3.96. The maximum atomic E-state index is 12.6. The highest BCUT2D eigenvalue weighted by Gasteiger charge is 2.28. The number of hydrogen-bond donors (Lipinski definition) is 1. The number of amides is 1. The van der Waals surface area contributed by atoms with Gasteiger partial charge in [-0.1, -0.05) is 11.3 Å². The molecule has 1 amide bonds. The Kier molecular flexibility index (Phi) is 4.30. The van der Waals surface area contributed by atoms with Gasteiger partial charge in [0.2, 0.25) is 0 Å². The topological polar surface area (TPSA) is 71.7 Å². The van der Waals surface area contributed by atoms with Gasteiger partial charge in [-0.25, -0.2) is 4.98 Å². The first kappa shape index (κ1) is 14.6. The van der Waals surface area contributed by atoms with E-state index >= 15 is 0 Å². The molecule has 2 aliphatic rings. The van der Waals surface area contributed by atoms with Crippen LogP contribution < -0.4 is 10.6 Å². The first-order valence-corrected chi connectivity index (χ1v) is 8.34. The molecule has 0 spiro atoms. The number of methoxy groups -OCH3 is 1. The third kappa shape index (κ3) is 2.98. The second-order valence-electron chi connectivity index (χ2n) is 5.63. The molecular weight excluding hydrogens is 288 g/mol. The smallest absolute Gasteiger partial charge is 0.267 e. The molecule has 0 bridgehead atoms. The number of likely N-dealkylation sites (tertiary alicyclic amines) is 1. The van der Waals surface area contributed by atoms with Crippen molar-refractivity contribution >= 4 is 28.2 Å². The molecule has 0 saturated carbocycles. The molecule has 3 heterocycles. The molecule has 0 unspecified atom stereocenters. The third-order valence-corrected chi connectivity index (χ3v) is 5.40. The van der Waals surface area contributed by atoms with Crippen LogP contribution in [0.4, 0.5) is 10.9 Å². The molecule has 2 saturated heterocycles. The highest BCUT2D eigenvalue weighted by Crippen LogP contribution is 2.31. The van der Waals surface area contributed by atoms with Gasteiger partial charge in [-0.3, -0.25) is 4.79 Å². The maximum absolute atomic E-state index is 12.6. The number of ether oxygens (including phenoxy) is 1. The molecule has 0 aromatic carbocycles. The largest absolute Gasteiger partial charge is 0.382 e. The standard InChI is InChI=1S/C14H22N4O2S/c1-20-10-4-8-17(9-5-10)13(19)11-12(15)16-14(21-11)18-6-2-3-7-18/h10H,2-9,15H2,1H3. The number of anilines is 2. The van der Waals surface area contributed by atoms with Gasteiger partial charge in [-0.2, -0.15) is 0 Å². The predicted octanol–water partition coefficient (Wildman–Crippen LogP) is 1.58. The van der Waals surface area contributed by atoms with E-state index < -0.39 is 0 Å². The monoisotopic (exact) mass is 310 g/mol. The van der Waals surface area contributed by atoms with Gasteiger partial charge in [-0.15, -0.1) is 0 Å². The summed E-state index contributed by atoms with van der Waals surface area (Å²) >= 11 is 1.43. The molecule has 3 rings (SSSR count). The van der Waals surface area contributed by atoms with Crippen LogP contribution >= 0.6 is 11.3 Å². The zero-order valence-corrected chi connectivity index (χ0v) is 13.2. The number of aromatic nitrogens is 1. The molecule has 1 aromatic heterocycles. The molecule has 116 valence electrons. The van der Waals surface area contributed by atoms with E-state index in [0.29, 0.717) is 10.7 Å². The van der Waals surface area contributed by atoms with Crippen LogP contribution in [0.25, 0.3) is 0 Å². The number of thiazole rings is 1. The van der Waals surface area contributed by atoms with E-state index in [1.807, 2.05) is 4.90 Å². The Morgan fingerprint density at radius 2 is 1.95 bits per heavy atom. The van der Waals surface area contributed by atoms with Gasteiger partial charge in [0.25, 0.3) is 5.91 Å². The maximum Gasteiger partial charge on any atom is 0.267 e. The summed E-state index contributed by atoms with van der Waals surface area (Å²) in [5, 5.41) is 0.889. The molecule has 6 nitrogen and oxygen atoms in total. The Hall–Kier alpha value is -1.34. The van der Waals surface area contributed by atoms with Crippen molar-refractivity contribution in [3.8, 4) is 0 Å². The first-order chi connectivity index (χ1) is 10.2. The van der Waals surface area contributed by atoms with Crippen LogP contribution in [0.5, 0.6) is 0 Å². The number of carbonyl (C=O) groups is 1. The lowest BCUT2D eigenvalue weighted by molar-refractivity contribution is 0.0354. The molecule has 2 fully saturated rings. The second-order valence-corrected chi connectivity index (χ2v) is 6.61. The number of nitrogens with zero attached hydrogens (tertiary/aromatic N) is 3. The van der Waals surface area contributed by atoms with E-state index in [2.05, 4.69) is 9.88 Å². The predicted molar refractivity (Wildman–Crippen MR) is 83.9 cm³/mol. The lowest BCUT2D eigenvalue weighted by Gasteiger charge is -2.30. The van der Waals surface area contributed by atoms with E-state index in [-0.39, 0.29) is 12.0 Å². The van der Waals surface area contributed by atoms with Crippen LogP contribution in [-0.2, 0) is 4.74 Å². The van der Waals surface area contributed by atoms with Gasteiger partial charge < -0.3 is 20.3 Å². The van der Waals surface area contributed by atoms with E-state index in [4.69, 9.17) is 10.5 Å². The molecule has 7 heteroatoms. The molecule has 0 radical (unpaired) electrons. The average molecular weight is 310 g/mol. The third-order valence-electron chi connectivity index (χ3n) is 4.28. The molecule has 2 aliphatic heterocycles. The Labute approximate surface area is 128 Å². The zero-order chi connectivity index (χ0) is 14.8. The van der Waals surface area contributed by atoms with Crippen LogP contribution in [-0.4, -0.2) is 55.2 Å². The minimum atomic E-state index is 0.0185. The van der Waals surface area contributed by atoms with Gasteiger partial charge in [0.1, 0.15) is 10.7 Å². The van der Waals surface area contributed by atoms with Gasteiger partial charge >= 0.3 is 0 Å². The summed E-state index contributed by atoms with van der Waals surface area (Å²) in [4.78, 5) is 21.7. The van der Waals surface area contributed by atoms with Crippen LogP contribution in [0.3, 0.4) is 0 Å². The van der Waals surface area contributed by atoms with Gasteiger partial charge in [0.15, 0.2) is 5.13 Å². The fraction of sp³-hybridized carbons (Fsp3) is 0.714. The summed E-state index contributed by atoms with van der Waals surface area (Å²) < 4.78 is 5.34. The number of hydrogen-bond acceptors (Lipinski definition) is 6. The van der Waals surface area contributed by atoms with Gasteiger partial charge in [0.05, 0.1) is 6.10 Å². The van der Waals surface area contributed by atoms with Crippen LogP contribution in [0, 0.1) is 0 Å². The average Bonchev–Trinajstić information content (AvgIpc) is 3.16. The Morgan fingerprint density at radius 3 is 2.57 bits per heavy atom. The van der Waals surface area contributed by atoms with E-state index in [9.17, 15) is 4.79 Å². The second kappa shape index (κ2) is 6.19. The Balaban J connectivity index is 1.70. The Bertz CT molecular complexity index is 505. The number of nitrogen functional groups attached to an aromatic ring is 1. The lowest BCUT2D eigenvalue weighted by Crippen LogP contribution is -2.40. The van der Waals surface area contributed by atoms with E-state index in [0.717, 1.165) is 44.2 Å². The Morgan fingerprint density at radius 1 is 1.29 bits per heavy atom. The lowest BCUT2D eigenvalue weighted by atomic mass is 10.1. The van der Waals surface area contributed by atoms with Crippen molar-refractivity contribution in [3.05, 3.63) is 4.88 Å². The number of nitrogens with two attached hydrogens (primary N) is 1. The fourth-order valence-electron chi connectivity index (χ4n) is 2.96. The summed E-state index contributed by atoms with van der Waals surface area (Å²) in [6.45, 7) is 3.49. The quantitative estimate of drug-likeness (QED) is 0.917. The van der Waals surface area contributed by atoms with Gasteiger partial charge in [0, 0.05) is 33.3 Å². The molecule has 0 aliphatic carbocycles. The van der Waals surface area contributed by atoms with Crippen molar-refractivity contribution in [3.63, 3.8) is 0 Å². The van der Waals surface area contributed by atoms with Crippen LogP contribution in [0.1, 0.15) is 35.4 Å². The summed E-state index contributed by atoms with van der Waals surface area (Å²) in [7, 11) is 1.73. The zero-order valence-electron chi connectivity index (χ0n) is 12.4. The SMILES string of the molecule is COC1CCN(C(=O)c2sc(N3CCCC3)nc2N)CC1. The highest BCUT2D eigenvalue weighted by atomic mass is 32.1. The van der Waals surface area contributed by atoms with Gasteiger partial charge in [-0.05, 0) is 25.7 Å². The first-order valence-electron chi connectivity index (χ1n) is 7.52. The molecule has 2 N–H and O–H groups in total. The summed E-state index contributed by atoms with van der Waals surface area (Å²) in [6.07, 6.45) is 4.42. The molecule has 21 heavy (non-hydrogen) atoms. The minimum Gasteiger partial charge on any atom is -0.382 e. The molecular formula is C14H22N4O2S. The van der Waals surface area contributed by atoms with Crippen molar-refractivity contribution in [2.24, 2.45) is 0 Å². The summed E-state index contributed by atoms with van der Waals surface area (Å²) in [5.74, 6) is 0.394. The highest BCUT2D eigenvalue weighted by molar-refractivity contribution is 7.18. The molecule has 1 aromatic rings.